The molecule has 4 nitrogen and oxygen atoms in total. The van der Waals surface area contributed by atoms with Crippen LogP contribution in [-0.2, 0) is 9.53 Å². The van der Waals surface area contributed by atoms with Gasteiger partial charge in [-0.05, 0) is 26.3 Å². The Balaban J connectivity index is 2.68. The lowest BCUT2D eigenvalue weighted by Gasteiger charge is -2.28. The van der Waals surface area contributed by atoms with E-state index in [-0.39, 0.29) is 5.97 Å². The molecule has 1 N–H and O–H groups in total. The molecule has 1 aliphatic rings. The first-order valence-electron chi connectivity index (χ1n) is 4.54. The van der Waals surface area contributed by atoms with E-state index in [1.165, 1.54) is 0 Å². The Morgan fingerprint density at radius 1 is 1.77 bits per heavy atom. The fraction of sp³-hybridized carbons (Fsp3) is 0.778. The van der Waals surface area contributed by atoms with Crippen molar-refractivity contribution in [3.63, 3.8) is 0 Å². The number of piperidine rings is 1. The van der Waals surface area contributed by atoms with Crippen LogP contribution in [-0.4, -0.2) is 25.7 Å². The zero-order valence-corrected chi connectivity index (χ0v) is 7.80. The Labute approximate surface area is 77.9 Å². The Bertz CT molecular complexity index is 226. The minimum Gasteiger partial charge on any atom is -0.465 e. The maximum Gasteiger partial charge on any atom is 0.327 e. The molecule has 1 aliphatic heterocycles. The van der Waals surface area contributed by atoms with Crippen molar-refractivity contribution in [3.05, 3.63) is 0 Å². The molecule has 4 heteroatoms. The number of nitriles is 1. The molecule has 0 amide bonds. The smallest absolute Gasteiger partial charge is 0.327 e. The van der Waals surface area contributed by atoms with Crippen LogP contribution in [0.1, 0.15) is 19.8 Å². The predicted octanol–water partition coefficient (Wildman–Crippen LogP) is 0.443. The van der Waals surface area contributed by atoms with E-state index in [2.05, 4.69) is 11.4 Å². The van der Waals surface area contributed by atoms with Crippen molar-refractivity contribution in [2.75, 3.05) is 19.7 Å². The summed E-state index contributed by atoms with van der Waals surface area (Å²) in [5, 5.41) is 12.0. The first-order chi connectivity index (χ1) is 6.25. The quantitative estimate of drug-likeness (QED) is 0.629. The fourth-order valence-electron chi connectivity index (χ4n) is 1.49. The summed E-state index contributed by atoms with van der Waals surface area (Å²) in [6.07, 6.45) is 1.46. The highest BCUT2D eigenvalue weighted by Gasteiger charge is 2.41. The maximum atomic E-state index is 11.5. The number of ether oxygens (including phenoxy) is 1. The maximum absolute atomic E-state index is 11.5. The highest BCUT2D eigenvalue weighted by molar-refractivity contribution is 5.80. The summed E-state index contributed by atoms with van der Waals surface area (Å²) in [5.74, 6) is -0.385. The molecule has 1 rings (SSSR count). The van der Waals surface area contributed by atoms with E-state index in [1.807, 2.05) is 0 Å². The van der Waals surface area contributed by atoms with E-state index in [0.717, 1.165) is 13.0 Å². The van der Waals surface area contributed by atoms with Gasteiger partial charge in [0.1, 0.15) is 0 Å². The van der Waals surface area contributed by atoms with Crippen LogP contribution >= 0.6 is 0 Å². The van der Waals surface area contributed by atoms with Crippen molar-refractivity contribution in [2.24, 2.45) is 5.41 Å². The average molecular weight is 182 g/mol. The predicted molar refractivity (Wildman–Crippen MR) is 46.8 cm³/mol. The Hall–Kier alpha value is -1.08. The number of rotatable bonds is 2. The van der Waals surface area contributed by atoms with Crippen LogP contribution in [0.2, 0.25) is 0 Å². The number of hydrogen-bond acceptors (Lipinski definition) is 4. The van der Waals surface area contributed by atoms with E-state index in [9.17, 15) is 4.79 Å². The first-order valence-corrected chi connectivity index (χ1v) is 4.54. The van der Waals surface area contributed by atoms with Crippen molar-refractivity contribution < 1.29 is 9.53 Å². The summed E-state index contributed by atoms with van der Waals surface area (Å²) in [6, 6.07) is 2.06. The SMILES string of the molecule is CCOC(=O)C1(C#N)CCCNC1. The number of carbonyl (C=O) groups excluding carboxylic acids is 1. The van der Waals surface area contributed by atoms with Crippen LogP contribution in [0.5, 0.6) is 0 Å². The second-order valence-corrected chi connectivity index (χ2v) is 3.19. The van der Waals surface area contributed by atoms with Gasteiger partial charge in [0, 0.05) is 6.54 Å². The molecule has 1 saturated heterocycles. The van der Waals surface area contributed by atoms with Crippen LogP contribution < -0.4 is 5.32 Å². The Morgan fingerprint density at radius 3 is 3.00 bits per heavy atom. The molecular formula is C9H14N2O2. The van der Waals surface area contributed by atoms with Gasteiger partial charge >= 0.3 is 5.97 Å². The zero-order chi connectivity index (χ0) is 9.73. The van der Waals surface area contributed by atoms with Gasteiger partial charge < -0.3 is 10.1 Å². The summed E-state index contributed by atoms with van der Waals surface area (Å²) < 4.78 is 4.87. The van der Waals surface area contributed by atoms with Gasteiger partial charge in [-0.1, -0.05) is 0 Å². The highest BCUT2D eigenvalue weighted by atomic mass is 16.5. The van der Waals surface area contributed by atoms with Crippen LogP contribution in [0.3, 0.4) is 0 Å². The molecule has 0 aliphatic carbocycles. The second-order valence-electron chi connectivity index (χ2n) is 3.19. The molecule has 0 radical (unpaired) electrons. The molecule has 0 aromatic rings. The third-order valence-electron chi connectivity index (χ3n) is 2.26. The van der Waals surface area contributed by atoms with Crippen LogP contribution in [0.25, 0.3) is 0 Å². The summed E-state index contributed by atoms with van der Waals surface area (Å²) >= 11 is 0. The Kier molecular flexibility index (Phi) is 3.26. The number of hydrogen-bond donors (Lipinski definition) is 1. The monoisotopic (exact) mass is 182 g/mol. The molecule has 1 heterocycles. The van der Waals surface area contributed by atoms with Crippen LogP contribution in [0, 0.1) is 16.7 Å². The second kappa shape index (κ2) is 4.24. The van der Waals surface area contributed by atoms with Gasteiger partial charge in [-0.25, -0.2) is 0 Å². The summed E-state index contributed by atoms with van der Waals surface area (Å²) in [4.78, 5) is 11.5. The van der Waals surface area contributed by atoms with E-state index in [0.29, 0.717) is 19.6 Å². The van der Waals surface area contributed by atoms with Gasteiger partial charge in [0.05, 0.1) is 12.7 Å². The van der Waals surface area contributed by atoms with Crippen molar-refractivity contribution in [2.45, 2.75) is 19.8 Å². The number of carbonyl (C=O) groups is 1. The fourth-order valence-corrected chi connectivity index (χ4v) is 1.49. The number of nitrogens with zero attached hydrogens (tertiary/aromatic N) is 1. The molecule has 0 bridgehead atoms. The van der Waals surface area contributed by atoms with E-state index in [1.54, 1.807) is 6.92 Å². The molecule has 1 atom stereocenters. The van der Waals surface area contributed by atoms with Gasteiger partial charge in [-0.15, -0.1) is 0 Å². The normalized spacial score (nSPS) is 27.7. The lowest BCUT2D eigenvalue weighted by Crippen LogP contribution is -2.45. The van der Waals surface area contributed by atoms with E-state index < -0.39 is 5.41 Å². The largest absolute Gasteiger partial charge is 0.465 e. The van der Waals surface area contributed by atoms with E-state index in [4.69, 9.17) is 10.00 Å². The lowest BCUT2D eigenvalue weighted by molar-refractivity contribution is -0.152. The average Bonchev–Trinajstić information content (AvgIpc) is 2.19. The minimum absolute atomic E-state index is 0.336. The zero-order valence-electron chi connectivity index (χ0n) is 7.80. The molecule has 13 heavy (non-hydrogen) atoms. The van der Waals surface area contributed by atoms with Crippen molar-refractivity contribution in [1.82, 2.24) is 5.32 Å². The van der Waals surface area contributed by atoms with Crippen molar-refractivity contribution in [3.8, 4) is 6.07 Å². The molecule has 1 unspecified atom stereocenters. The molecular weight excluding hydrogens is 168 g/mol. The van der Waals surface area contributed by atoms with Crippen molar-refractivity contribution >= 4 is 5.97 Å². The van der Waals surface area contributed by atoms with Gasteiger partial charge in [0.2, 0.25) is 0 Å². The van der Waals surface area contributed by atoms with Gasteiger partial charge in [-0.3, -0.25) is 4.79 Å². The van der Waals surface area contributed by atoms with Crippen LogP contribution in [0.4, 0.5) is 0 Å². The first kappa shape index (κ1) is 10.0. The molecule has 0 aromatic heterocycles. The minimum atomic E-state index is -0.936. The van der Waals surface area contributed by atoms with Gasteiger partial charge in [-0.2, -0.15) is 5.26 Å². The summed E-state index contributed by atoms with van der Waals surface area (Å²) in [6.45, 7) is 3.38. The van der Waals surface area contributed by atoms with E-state index >= 15 is 0 Å². The van der Waals surface area contributed by atoms with Crippen molar-refractivity contribution in [1.29, 1.82) is 5.26 Å². The van der Waals surface area contributed by atoms with Crippen LogP contribution in [0.15, 0.2) is 0 Å². The highest BCUT2D eigenvalue weighted by Crippen LogP contribution is 2.26. The topological polar surface area (TPSA) is 62.1 Å². The van der Waals surface area contributed by atoms with Gasteiger partial charge in [0.15, 0.2) is 5.41 Å². The third kappa shape index (κ3) is 1.99. The number of esters is 1. The summed E-state index contributed by atoms with van der Waals surface area (Å²) in [5.41, 5.74) is -0.936. The molecule has 0 saturated carbocycles. The lowest BCUT2D eigenvalue weighted by atomic mass is 9.82. The molecule has 72 valence electrons. The molecule has 0 aromatic carbocycles. The Morgan fingerprint density at radius 2 is 2.54 bits per heavy atom. The third-order valence-corrected chi connectivity index (χ3v) is 2.26. The number of nitrogens with one attached hydrogen (secondary N) is 1. The molecule has 1 fully saturated rings. The van der Waals surface area contributed by atoms with Gasteiger partial charge in [0.25, 0.3) is 0 Å². The molecule has 0 spiro atoms. The standard InChI is InChI=1S/C9H14N2O2/c1-2-13-8(12)9(6-10)4-3-5-11-7-9/h11H,2-5,7H2,1H3. The summed E-state index contributed by atoms with van der Waals surface area (Å²) in [7, 11) is 0.